The fraction of sp³-hybridized carbons (Fsp3) is 0.833. The van der Waals surface area contributed by atoms with E-state index in [2.05, 4.69) is 0 Å². The Bertz CT molecular complexity index is 658. The number of nitrogens with zero attached hydrogens (tertiary/aromatic N) is 1. The molecule has 6 atom stereocenters. The fourth-order valence-corrected chi connectivity index (χ4v) is 5.36. The molecule has 2 saturated carbocycles. The van der Waals surface area contributed by atoms with E-state index in [4.69, 9.17) is 5.73 Å². The number of carbonyl (C=O) groups is 3. The van der Waals surface area contributed by atoms with E-state index >= 15 is 0 Å². The van der Waals surface area contributed by atoms with Gasteiger partial charge < -0.3 is 16.0 Å². The lowest BCUT2D eigenvalue weighted by atomic mass is 9.78. The predicted octanol–water partition coefficient (Wildman–Crippen LogP) is 1.44. The van der Waals surface area contributed by atoms with Gasteiger partial charge in [-0.3, -0.25) is 14.4 Å². The molecule has 152 valence electrons. The van der Waals surface area contributed by atoms with E-state index in [1.807, 2.05) is 5.32 Å². The van der Waals surface area contributed by atoms with E-state index in [0.717, 1.165) is 19.3 Å². The minimum Gasteiger partial charge on any atom is -0.368 e. The monoisotopic (exact) mass is 389 g/mol. The van der Waals surface area contributed by atoms with Crippen molar-refractivity contribution in [3.63, 3.8) is 0 Å². The summed E-state index contributed by atoms with van der Waals surface area (Å²) in [5.41, 5.74) is 4.63. The van der Waals surface area contributed by atoms with Crippen LogP contribution in [0.1, 0.15) is 40.0 Å². The number of rotatable bonds is 3. The van der Waals surface area contributed by atoms with Gasteiger partial charge in [0.2, 0.25) is 11.8 Å². The smallest absolute Gasteiger partial charge is 0.368 e. The Balaban J connectivity index is 1.87. The quantitative estimate of drug-likeness (QED) is 0.765. The van der Waals surface area contributed by atoms with Crippen LogP contribution >= 0.6 is 0 Å². The molecule has 0 spiro atoms. The molecule has 27 heavy (non-hydrogen) atoms. The molecule has 3 rings (SSSR count). The van der Waals surface area contributed by atoms with Crippen molar-refractivity contribution in [2.45, 2.75) is 58.3 Å². The van der Waals surface area contributed by atoms with E-state index in [-0.39, 0.29) is 11.8 Å². The Hall–Kier alpha value is -1.80. The summed E-state index contributed by atoms with van der Waals surface area (Å²) in [5, 5.41) is 1.83. The number of likely N-dealkylation sites (tertiary alicyclic amines) is 1. The van der Waals surface area contributed by atoms with Gasteiger partial charge in [0.1, 0.15) is 12.1 Å². The maximum absolute atomic E-state index is 13.2. The van der Waals surface area contributed by atoms with Gasteiger partial charge in [-0.1, -0.05) is 20.8 Å². The number of nitrogens with two attached hydrogens (primary N) is 1. The van der Waals surface area contributed by atoms with Crippen LogP contribution in [0.2, 0.25) is 0 Å². The summed E-state index contributed by atoms with van der Waals surface area (Å²) in [6, 6.07) is -2.21. The van der Waals surface area contributed by atoms with E-state index in [1.165, 1.54) is 4.90 Å². The average molecular weight is 389 g/mol. The molecule has 1 saturated heterocycles. The van der Waals surface area contributed by atoms with Gasteiger partial charge in [0.25, 0.3) is 0 Å². The van der Waals surface area contributed by atoms with Gasteiger partial charge in [-0.05, 0) is 48.3 Å². The van der Waals surface area contributed by atoms with Crippen LogP contribution in [0.5, 0.6) is 0 Å². The fourth-order valence-electron chi connectivity index (χ4n) is 5.36. The molecule has 5 unspecified atom stereocenters. The van der Waals surface area contributed by atoms with Crippen molar-refractivity contribution in [2.75, 3.05) is 6.54 Å². The lowest BCUT2D eigenvalue weighted by Gasteiger charge is -2.36. The largest absolute Gasteiger partial charge is 0.471 e. The molecular weight excluding hydrogens is 363 g/mol. The zero-order valence-corrected chi connectivity index (χ0v) is 15.7. The Morgan fingerprint density at radius 3 is 2.22 bits per heavy atom. The van der Waals surface area contributed by atoms with Crippen molar-refractivity contribution < 1.29 is 27.6 Å². The van der Waals surface area contributed by atoms with Crippen LogP contribution in [-0.2, 0) is 14.4 Å². The average Bonchev–Trinajstić information content (AvgIpc) is 3.19. The standard InChI is InChI=1S/C18H26F3N3O3/c1-17(2,3)13(23-16(27)18(19,20)21)15(26)24-7-10-8-4-5-9(6-8)11(10)12(24)14(22)25/h8-13H,4-7H2,1-3H3,(H2,22,25)(H,23,27)/t8?,9?,10?,11?,12?,13-/m1/s1. The highest BCUT2D eigenvalue weighted by Crippen LogP contribution is 2.57. The van der Waals surface area contributed by atoms with Crippen molar-refractivity contribution in [2.24, 2.45) is 34.8 Å². The molecule has 2 aliphatic carbocycles. The third-order valence-corrected chi connectivity index (χ3v) is 6.49. The minimum absolute atomic E-state index is 0.0239. The Morgan fingerprint density at radius 1 is 1.11 bits per heavy atom. The maximum atomic E-state index is 13.2. The number of hydrogen-bond donors (Lipinski definition) is 2. The third-order valence-electron chi connectivity index (χ3n) is 6.49. The molecule has 3 aliphatic rings. The summed E-state index contributed by atoms with van der Waals surface area (Å²) in [4.78, 5) is 38.1. The molecule has 0 aromatic heterocycles. The zero-order chi connectivity index (χ0) is 20.3. The number of alkyl halides is 3. The number of carbonyl (C=O) groups excluding carboxylic acids is 3. The topological polar surface area (TPSA) is 92.5 Å². The van der Waals surface area contributed by atoms with Crippen LogP contribution in [0.25, 0.3) is 0 Å². The lowest BCUT2D eigenvalue weighted by molar-refractivity contribution is -0.176. The van der Waals surface area contributed by atoms with Gasteiger partial charge in [0.15, 0.2) is 0 Å². The van der Waals surface area contributed by atoms with Crippen LogP contribution in [0, 0.1) is 29.1 Å². The number of halogens is 3. The molecule has 0 radical (unpaired) electrons. The van der Waals surface area contributed by atoms with Crippen LogP contribution in [0.4, 0.5) is 13.2 Å². The second-order valence-corrected chi connectivity index (χ2v) is 9.18. The third kappa shape index (κ3) is 3.40. The summed E-state index contributed by atoms with van der Waals surface area (Å²) < 4.78 is 38.2. The molecule has 3 fully saturated rings. The minimum atomic E-state index is -5.09. The molecule has 2 bridgehead atoms. The summed E-state index contributed by atoms with van der Waals surface area (Å²) in [6.45, 7) is 5.04. The van der Waals surface area contributed by atoms with Gasteiger partial charge in [0, 0.05) is 6.54 Å². The van der Waals surface area contributed by atoms with Crippen LogP contribution in [0.15, 0.2) is 0 Å². The van der Waals surface area contributed by atoms with Gasteiger partial charge >= 0.3 is 12.1 Å². The first kappa shape index (κ1) is 19.9. The Labute approximate surface area is 156 Å². The highest BCUT2D eigenvalue weighted by molar-refractivity contribution is 5.94. The number of amides is 3. The van der Waals surface area contributed by atoms with Crippen molar-refractivity contribution >= 4 is 17.7 Å². The highest BCUT2D eigenvalue weighted by atomic mass is 19.4. The first-order valence-electron chi connectivity index (χ1n) is 9.30. The van der Waals surface area contributed by atoms with E-state index < -0.39 is 41.4 Å². The summed E-state index contributed by atoms with van der Waals surface area (Å²) in [7, 11) is 0. The number of primary amides is 1. The zero-order valence-electron chi connectivity index (χ0n) is 15.7. The van der Waals surface area contributed by atoms with Crippen molar-refractivity contribution in [1.82, 2.24) is 10.2 Å². The van der Waals surface area contributed by atoms with E-state index in [9.17, 15) is 27.6 Å². The molecule has 0 aromatic carbocycles. The molecule has 1 aliphatic heterocycles. The molecule has 6 nitrogen and oxygen atoms in total. The molecule has 0 aromatic rings. The van der Waals surface area contributed by atoms with Gasteiger partial charge in [0.05, 0.1) is 0 Å². The number of hydrogen-bond acceptors (Lipinski definition) is 3. The van der Waals surface area contributed by atoms with Crippen LogP contribution < -0.4 is 11.1 Å². The van der Waals surface area contributed by atoms with Gasteiger partial charge in [-0.25, -0.2) is 0 Å². The Morgan fingerprint density at radius 2 is 1.70 bits per heavy atom. The summed E-state index contributed by atoms with van der Waals surface area (Å²) in [6.07, 6.45) is -2.03. The van der Waals surface area contributed by atoms with Crippen molar-refractivity contribution in [3.8, 4) is 0 Å². The SMILES string of the molecule is CC(C)(C)[C@H](NC(=O)C(F)(F)F)C(=O)N1CC2C3CCC(C3)C2C1C(N)=O. The Kier molecular flexibility index (Phi) is 4.71. The molecule has 3 amide bonds. The van der Waals surface area contributed by atoms with Crippen LogP contribution in [-0.4, -0.2) is 47.4 Å². The van der Waals surface area contributed by atoms with Crippen LogP contribution in [0.3, 0.4) is 0 Å². The van der Waals surface area contributed by atoms with Gasteiger partial charge in [-0.15, -0.1) is 0 Å². The summed E-state index contributed by atoms with van der Waals surface area (Å²) >= 11 is 0. The highest BCUT2D eigenvalue weighted by Gasteiger charge is 2.60. The second kappa shape index (κ2) is 6.38. The molecule has 3 N–H and O–H groups in total. The second-order valence-electron chi connectivity index (χ2n) is 9.18. The number of fused-ring (bicyclic) bond motifs is 5. The van der Waals surface area contributed by atoms with Crippen molar-refractivity contribution in [3.05, 3.63) is 0 Å². The molecular formula is C18H26F3N3O3. The summed E-state index contributed by atoms with van der Waals surface area (Å²) in [5.74, 6) is -2.57. The molecule has 9 heteroatoms. The maximum Gasteiger partial charge on any atom is 0.471 e. The normalized spacial score (nSPS) is 33.7. The molecule has 1 heterocycles. The predicted molar refractivity (Wildman–Crippen MR) is 89.9 cm³/mol. The van der Waals surface area contributed by atoms with Gasteiger partial charge in [-0.2, -0.15) is 13.2 Å². The van der Waals surface area contributed by atoms with E-state index in [1.54, 1.807) is 20.8 Å². The number of nitrogens with one attached hydrogen (secondary N) is 1. The van der Waals surface area contributed by atoms with Crippen molar-refractivity contribution in [1.29, 1.82) is 0 Å². The first-order valence-corrected chi connectivity index (χ1v) is 9.30. The van der Waals surface area contributed by atoms with E-state index in [0.29, 0.717) is 18.4 Å². The first-order chi connectivity index (χ1) is 12.3. The lowest BCUT2D eigenvalue weighted by Crippen LogP contribution is -2.59.